The number of ether oxygens (including phenoxy) is 1. The molecule has 0 aliphatic rings. The van der Waals surface area contributed by atoms with Crippen LogP contribution in [0.1, 0.15) is 23.0 Å². The lowest BCUT2D eigenvalue weighted by Crippen LogP contribution is -2.11. The van der Waals surface area contributed by atoms with Crippen LogP contribution in [0.2, 0.25) is 0 Å². The van der Waals surface area contributed by atoms with Gasteiger partial charge in [0.2, 0.25) is 0 Å². The Labute approximate surface area is 106 Å². The molecule has 1 N–H and O–H groups in total. The fourth-order valence-corrected chi connectivity index (χ4v) is 1.62. The number of carbonyl (C=O) groups excluding carboxylic acids is 1. The van der Waals surface area contributed by atoms with Gasteiger partial charge in [-0.1, -0.05) is 0 Å². The Hall–Kier alpha value is -2.23. The zero-order valence-electron chi connectivity index (χ0n) is 10.4. The minimum atomic E-state index is -0.176. The van der Waals surface area contributed by atoms with E-state index in [1.54, 1.807) is 25.1 Å². The third kappa shape index (κ3) is 2.71. The van der Waals surface area contributed by atoms with E-state index in [4.69, 9.17) is 9.15 Å². The quantitative estimate of drug-likeness (QED) is 0.899. The van der Waals surface area contributed by atoms with Gasteiger partial charge in [0, 0.05) is 5.69 Å². The van der Waals surface area contributed by atoms with Crippen LogP contribution in [0.4, 0.5) is 5.69 Å². The molecule has 0 aliphatic heterocycles. The molecule has 0 fully saturated rings. The predicted octanol–water partition coefficient (Wildman–Crippen LogP) is 3.24. The van der Waals surface area contributed by atoms with Gasteiger partial charge in [0.25, 0.3) is 5.91 Å². The minimum Gasteiger partial charge on any atom is -0.494 e. The van der Waals surface area contributed by atoms with E-state index in [0.29, 0.717) is 17.9 Å². The zero-order chi connectivity index (χ0) is 13.0. The second kappa shape index (κ2) is 5.40. The fourth-order valence-electron chi connectivity index (χ4n) is 1.62. The Morgan fingerprint density at radius 2 is 2.00 bits per heavy atom. The maximum Gasteiger partial charge on any atom is 0.259 e. The lowest BCUT2D eigenvalue weighted by Gasteiger charge is -2.06. The molecule has 0 unspecified atom stereocenters. The van der Waals surface area contributed by atoms with Crippen LogP contribution in [-0.2, 0) is 0 Å². The van der Waals surface area contributed by atoms with Crippen molar-refractivity contribution in [1.29, 1.82) is 0 Å². The van der Waals surface area contributed by atoms with E-state index >= 15 is 0 Å². The number of aryl methyl sites for hydroxylation is 1. The second-order valence-electron chi connectivity index (χ2n) is 3.80. The van der Waals surface area contributed by atoms with E-state index < -0.39 is 0 Å². The van der Waals surface area contributed by atoms with Crippen molar-refractivity contribution in [2.45, 2.75) is 13.8 Å². The van der Waals surface area contributed by atoms with Crippen molar-refractivity contribution >= 4 is 11.6 Å². The molecule has 0 bridgehead atoms. The SMILES string of the molecule is CCOc1ccc(NC(=O)c2ccoc2C)cc1. The molecule has 4 heteroatoms. The average molecular weight is 245 g/mol. The Kier molecular flexibility index (Phi) is 3.67. The lowest BCUT2D eigenvalue weighted by molar-refractivity contribution is 0.102. The highest BCUT2D eigenvalue weighted by atomic mass is 16.5. The maximum atomic E-state index is 11.9. The van der Waals surface area contributed by atoms with Gasteiger partial charge in [0.1, 0.15) is 11.5 Å². The molecule has 2 rings (SSSR count). The van der Waals surface area contributed by atoms with Crippen LogP contribution in [-0.4, -0.2) is 12.5 Å². The van der Waals surface area contributed by atoms with E-state index in [2.05, 4.69) is 5.32 Å². The van der Waals surface area contributed by atoms with Gasteiger partial charge in [0.15, 0.2) is 0 Å². The maximum absolute atomic E-state index is 11.9. The first-order chi connectivity index (χ1) is 8.70. The molecule has 0 saturated heterocycles. The smallest absolute Gasteiger partial charge is 0.259 e. The highest BCUT2D eigenvalue weighted by Gasteiger charge is 2.11. The molecule has 1 aromatic carbocycles. The number of nitrogens with one attached hydrogen (secondary N) is 1. The predicted molar refractivity (Wildman–Crippen MR) is 69.0 cm³/mol. The third-order valence-corrected chi connectivity index (χ3v) is 2.53. The van der Waals surface area contributed by atoms with Crippen LogP contribution in [0.5, 0.6) is 5.75 Å². The summed E-state index contributed by atoms with van der Waals surface area (Å²) in [6.45, 7) is 4.31. The molecule has 0 saturated carbocycles. The zero-order valence-corrected chi connectivity index (χ0v) is 10.4. The molecular weight excluding hydrogens is 230 g/mol. The van der Waals surface area contributed by atoms with Gasteiger partial charge in [0.05, 0.1) is 18.4 Å². The Morgan fingerprint density at radius 3 is 2.56 bits per heavy atom. The molecule has 1 heterocycles. The first-order valence-corrected chi connectivity index (χ1v) is 5.79. The summed E-state index contributed by atoms with van der Waals surface area (Å²) in [6, 6.07) is 8.90. The van der Waals surface area contributed by atoms with E-state index in [1.807, 2.05) is 19.1 Å². The summed E-state index contributed by atoms with van der Waals surface area (Å²) >= 11 is 0. The molecule has 0 spiro atoms. The summed E-state index contributed by atoms with van der Waals surface area (Å²) in [7, 11) is 0. The van der Waals surface area contributed by atoms with E-state index in [-0.39, 0.29) is 5.91 Å². The summed E-state index contributed by atoms with van der Waals surface area (Å²) in [4.78, 5) is 11.9. The van der Waals surface area contributed by atoms with Crippen LogP contribution in [0.3, 0.4) is 0 Å². The van der Waals surface area contributed by atoms with E-state index in [1.165, 1.54) is 6.26 Å². The van der Waals surface area contributed by atoms with Gasteiger partial charge in [-0.2, -0.15) is 0 Å². The number of anilines is 1. The summed E-state index contributed by atoms with van der Waals surface area (Å²) in [5.74, 6) is 1.22. The molecule has 0 radical (unpaired) electrons. The van der Waals surface area contributed by atoms with Gasteiger partial charge in [-0.3, -0.25) is 4.79 Å². The molecule has 1 aromatic heterocycles. The van der Waals surface area contributed by atoms with Crippen LogP contribution < -0.4 is 10.1 Å². The lowest BCUT2D eigenvalue weighted by atomic mass is 10.2. The standard InChI is InChI=1S/C14H15NO3/c1-3-17-12-6-4-11(5-7-12)15-14(16)13-8-9-18-10(13)2/h4-9H,3H2,1-2H3,(H,15,16). The van der Waals surface area contributed by atoms with Crippen molar-refractivity contribution in [3.63, 3.8) is 0 Å². The van der Waals surface area contributed by atoms with Gasteiger partial charge in [-0.15, -0.1) is 0 Å². The van der Waals surface area contributed by atoms with Crippen molar-refractivity contribution < 1.29 is 13.9 Å². The monoisotopic (exact) mass is 245 g/mol. The highest BCUT2D eigenvalue weighted by Crippen LogP contribution is 2.17. The van der Waals surface area contributed by atoms with Gasteiger partial charge >= 0.3 is 0 Å². The topological polar surface area (TPSA) is 51.5 Å². The van der Waals surface area contributed by atoms with Crippen molar-refractivity contribution in [2.75, 3.05) is 11.9 Å². The van der Waals surface area contributed by atoms with Crippen molar-refractivity contribution in [1.82, 2.24) is 0 Å². The summed E-state index contributed by atoms with van der Waals surface area (Å²) < 4.78 is 10.4. The van der Waals surface area contributed by atoms with Crippen molar-refractivity contribution in [2.24, 2.45) is 0 Å². The molecule has 0 atom stereocenters. The van der Waals surface area contributed by atoms with Gasteiger partial charge in [-0.25, -0.2) is 0 Å². The summed E-state index contributed by atoms with van der Waals surface area (Å²) in [6.07, 6.45) is 1.50. The number of furan rings is 1. The molecule has 1 amide bonds. The van der Waals surface area contributed by atoms with Crippen molar-refractivity contribution in [3.8, 4) is 5.75 Å². The Bertz CT molecular complexity index is 528. The molecule has 4 nitrogen and oxygen atoms in total. The normalized spacial score (nSPS) is 10.1. The first kappa shape index (κ1) is 12.2. The number of rotatable bonds is 4. The minimum absolute atomic E-state index is 0.176. The largest absolute Gasteiger partial charge is 0.494 e. The molecule has 18 heavy (non-hydrogen) atoms. The third-order valence-electron chi connectivity index (χ3n) is 2.53. The van der Waals surface area contributed by atoms with Crippen LogP contribution in [0.15, 0.2) is 41.0 Å². The Balaban J connectivity index is 2.05. The van der Waals surface area contributed by atoms with Gasteiger partial charge in [-0.05, 0) is 44.2 Å². The van der Waals surface area contributed by atoms with Crippen LogP contribution in [0, 0.1) is 6.92 Å². The molecule has 0 aliphatic carbocycles. The second-order valence-corrected chi connectivity index (χ2v) is 3.80. The van der Waals surface area contributed by atoms with Crippen LogP contribution in [0.25, 0.3) is 0 Å². The Morgan fingerprint density at radius 1 is 1.28 bits per heavy atom. The van der Waals surface area contributed by atoms with Crippen LogP contribution >= 0.6 is 0 Å². The van der Waals surface area contributed by atoms with Gasteiger partial charge < -0.3 is 14.5 Å². The average Bonchev–Trinajstić information content (AvgIpc) is 2.78. The molecule has 94 valence electrons. The number of hydrogen-bond acceptors (Lipinski definition) is 3. The first-order valence-electron chi connectivity index (χ1n) is 5.79. The van der Waals surface area contributed by atoms with Crippen molar-refractivity contribution in [3.05, 3.63) is 47.9 Å². The fraction of sp³-hybridized carbons (Fsp3) is 0.214. The van der Waals surface area contributed by atoms with E-state index in [9.17, 15) is 4.79 Å². The number of amides is 1. The highest BCUT2D eigenvalue weighted by molar-refractivity contribution is 6.04. The molecular formula is C14H15NO3. The van der Waals surface area contributed by atoms with E-state index in [0.717, 1.165) is 11.4 Å². The molecule has 2 aromatic rings. The summed E-state index contributed by atoms with van der Waals surface area (Å²) in [5, 5.41) is 2.80. The number of benzene rings is 1. The summed E-state index contributed by atoms with van der Waals surface area (Å²) in [5.41, 5.74) is 1.27. The number of carbonyl (C=O) groups is 1. The number of hydrogen-bond donors (Lipinski definition) is 1.